The Hall–Kier alpha value is -4.50. The minimum atomic E-state index is -0.878. The van der Waals surface area contributed by atoms with Crippen LogP contribution in [0.15, 0.2) is 83.5 Å². The minimum Gasteiger partial charge on any atom is -0.436 e. The highest BCUT2D eigenvalue weighted by Gasteiger charge is 2.17. The lowest BCUT2D eigenvalue weighted by Gasteiger charge is -2.05. The highest BCUT2D eigenvalue weighted by atomic mass is 35.5. The molecule has 0 aliphatic carbocycles. The van der Waals surface area contributed by atoms with Crippen molar-refractivity contribution in [2.45, 2.75) is 0 Å². The second kappa shape index (κ2) is 8.80. The average Bonchev–Trinajstić information content (AvgIpc) is 3.46. The molecule has 0 radical (unpaired) electrons. The van der Waals surface area contributed by atoms with Gasteiger partial charge in [-0.05, 0) is 54.6 Å². The lowest BCUT2D eigenvalue weighted by atomic mass is 10.2. The number of hydrogen-bond acceptors (Lipinski definition) is 5. The molecule has 5 aromatic rings. The van der Waals surface area contributed by atoms with Gasteiger partial charge in [0.2, 0.25) is 5.89 Å². The first-order valence-corrected chi connectivity index (χ1v) is 10.4. The Kier molecular flexibility index (Phi) is 5.52. The normalized spacial score (nSPS) is 10.9. The van der Waals surface area contributed by atoms with Gasteiger partial charge in [0.15, 0.2) is 5.58 Å². The highest BCUT2D eigenvalue weighted by Crippen LogP contribution is 2.27. The monoisotopic (exact) mass is 475 g/mol. The van der Waals surface area contributed by atoms with Crippen LogP contribution in [0.5, 0.6) is 0 Å². The van der Waals surface area contributed by atoms with Crippen molar-refractivity contribution in [1.82, 2.24) is 14.8 Å². The number of hydrogen-bond donors (Lipinski definition) is 2. The number of benzene rings is 3. The maximum absolute atomic E-state index is 14.0. The Morgan fingerprint density at radius 2 is 1.68 bits per heavy atom. The van der Waals surface area contributed by atoms with E-state index in [1.165, 1.54) is 23.0 Å². The Labute approximate surface area is 197 Å². The SMILES string of the molecule is O=C(Nc1ccc2oc(-c3ccccc3F)nc2c1)C(=O)Nc1cnn(-c2ccc(Cl)cc2)c1. The van der Waals surface area contributed by atoms with Crippen molar-refractivity contribution in [3.8, 4) is 17.1 Å². The molecule has 0 aliphatic rings. The molecular weight excluding hydrogens is 461 g/mol. The fourth-order valence-corrected chi connectivity index (χ4v) is 3.38. The zero-order valence-electron chi connectivity index (χ0n) is 17.3. The molecule has 8 nitrogen and oxygen atoms in total. The molecule has 0 saturated carbocycles. The second-order valence-electron chi connectivity index (χ2n) is 7.24. The smallest absolute Gasteiger partial charge is 0.314 e. The van der Waals surface area contributed by atoms with Crippen LogP contribution < -0.4 is 10.6 Å². The van der Waals surface area contributed by atoms with E-state index in [0.29, 0.717) is 27.5 Å². The number of nitrogens with one attached hydrogen (secondary N) is 2. The first-order chi connectivity index (χ1) is 16.5. The first-order valence-electron chi connectivity index (χ1n) is 10.0. The highest BCUT2D eigenvalue weighted by molar-refractivity contribution is 6.43. The van der Waals surface area contributed by atoms with Crippen LogP contribution in [0, 0.1) is 5.82 Å². The first kappa shape index (κ1) is 21.4. The lowest BCUT2D eigenvalue weighted by Crippen LogP contribution is -2.28. The number of oxazole rings is 1. The number of fused-ring (bicyclic) bond motifs is 1. The molecule has 5 rings (SSSR count). The van der Waals surface area contributed by atoms with Gasteiger partial charge in [-0.1, -0.05) is 23.7 Å². The molecule has 10 heteroatoms. The predicted octanol–water partition coefficient (Wildman–Crippen LogP) is 5.05. The number of carbonyl (C=O) groups is 2. The number of rotatable bonds is 4. The van der Waals surface area contributed by atoms with Crippen molar-refractivity contribution in [2.24, 2.45) is 0 Å². The van der Waals surface area contributed by atoms with E-state index in [-0.39, 0.29) is 11.5 Å². The van der Waals surface area contributed by atoms with Crippen LogP contribution in [-0.2, 0) is 9.59 Å². The molecule has 0 unspecified atom stereocenters. The maximum Gasteiger partial charge on any atom is 0.314 e. The average molecular weight is 476 g/mol. The van der Waals surface area contributed by atoms with E-state index in [0.717, 1.165) is 5.69 Å². The van der Waals surface area contributed by atoms with Gasteiger partial charge in [-0.2, -0.15) is 5.10 Å². The van der Waals surface area contributed by atoms with Crippen LogP contribution in [0.4, 0.5) is 15.8 Å². The second-order valence-corrected chi connectivity index (χ2v) is 7.68. The molecule has 0 atom stereocenters. The van der Waals surface area contributed by atoms with Gasteiger partial charge in [0.25, 0.3) is 0 Å². The van der Waals surface area contributed by atoms with Crippen LogP contribution in [0.1, 0.15) is 0 Å². The van der Waals surface area contributed by atoms with E-state index in [1.54, 1.807) is 60.8 Å². The van der Waals surface area contributed by atoms with Crippen molar-refractivity contribution in [1.29, 1.82) is 0 Å². The molecule has 2 amide bonds. The summed E-state index contributed by atoms with van der Waals surface area (Å²) in [7, 11) is 0. The molecule has 2 N–H and O–H groups in total. The van der Waals surface area contributed by atoms with Gasteiger partial charge in [0.05, 0.1) is 29.3 Å². The molecule has 0 spiro atoms. The number of nitrogens with zero attached hydrogens (tertiary/aromatic N) is 3. The van der Waals surface area contributed by atoms with E-state index < -0.39 is 17.6 Å². The fraction of sp³-hybridized carbons (Fsp3) is 0. The minimum absolute atomic E-state index is 0.118. The van der Waals surface area contributed by atoms with Crippen molar-refractivity contribution in [3.63, 3.8) is 0 Å². The summed E-state index contributed by atoms with van der Waals surface area (Å²) in [6.45, 7) is 0. The number of anilines is 2. The van der Waals surface area contributed by atoms with Gasteiger partial charge in [-0.25, -0.2) is 14.1 Å². The van der Waals surface area contributed by atoms with Crippen LogP contribution >= 0.6 is 11.6 Å². The molecule has 0 bridgehead atoms. The van der Waals surface area contributed by atoms with Crippen LogP contribution in [-0.4, -0.2) is 26.6 Å². The topological polar surface area (TPSA) is 102 Å². The number of aromatic nitrogens is 3. The summed E-state index contributed by atoms with van der Waals surface area (Å²) in [5.41, 5.74) is 2.46. The number of amides is 2. The molecule has 2 heterocycles. The van der Waals surface area contributed by atoms with Gasteiger partial charge in [-0.3, -0.25) is 9.59 Å². The van der Waals surface area contributed by atoms with Gasteiger partial charge in [0.1, 0.15) is 11.3 Å². The summed E-state index contributed by atoms with van der Waals surface area (Å²) >= 11 is 5.89. The summed E-state index contributed by atoms with van der Waals surface area (Å²) in [6.07, 6.45) is 2.99. The van der Waals surface area contributed by atoms with E-state index in [1.807, 2.05) is 0 Å². The third-order valence-electron chi connectivity index (χ3n) is 4.89. The zero-order valence-corrected chi connectivity index (χ0v) is 18.1. The van der Waals surface area contributed by atoms with Gasteiger partial charge < -0.3 is 15.1 Å². The summed E-state index contributed by atoms with van der Waals surface area (Å²) in [5.74, 6) is -2.09. The number of carbonyl (C=O) groups excluding carboxylic acids is 2. The number of halogens is 2. The molecule has 34 heavy (non-hydrogen) atoms. The third-order valence-corrected chi connectivity index (χ3v) is 5.14. The lowest BCUT2D eigenvalue weighted by molar-refractivity contribution is -0.132. The van der Waals surface area contributed by atoms with Crippen LogP contribution in [0.2, 0.25) is 5.02 Å². The summed E-state index contributed by atoms with van der Waals surface area (Å²) in [4.78, 5) is 29.0. The standard InChI is InChI=1S/C24H15ClFN5O3/c25-14-5-8-17(9-6-14)31-13-16(12-27-31)29-23(33)22(32)28-15-7-10-21-20(11-15)30-24(34-21)18-3-1-2-4-19(18)26/h1-13H,(H,28,32)(H,29,33). The maximum atomic E-state index is 14.0. The quantitative estimate of drug-likeness (QED) is 0.354. The Morgan fingerprint density at radius 1 is 0.941 bits per heavy atom. The van der Waals surface area contributed by atoms with Crippen LogP contribution in [0.3, 0.4) is 0 Å². The van der Waals surface area contributed by atoms with Crippen LogP contribution in [0.25, 0.3) is 28.2 Å². The van der Waals surface area contributed by atoms with Crippen molar-refractivity contribution >= 4 is 45.9 Å². The molecule has 168 valence electrons. The van der Waals surface area contributed by atoms with E-state index >= 15 is 0 Å². The third kappa shape index (κ3) is 4.37. The van der Waals surface area contributed by atoms with Crippen molar-refractivity contribution in [2.75, 3.05) is 10.6 Å². The van der Waals surface area contributed by atoms with Crippen molar-refractivity contribution in [3.05, 3.63) is 90.0 Å². The van der Waals surface area contributed by atoms with Gasteiger partial charge in [0, 0.05) is 10.7 Å². The van der Waals surface area contributed by atoms with Crippen molar-refractivity contribution < 1.29 is 18.4 Å². The summed E-state index contributed by atoms with van der Waals surface area (Å²) in [5, 5.41) is 9.76. The van der Waals surface area contributed by atoms with E-state index in [2.05, 4.69) is 20.7 Å². The Balaban J connectivity index is 1.27. The fourth-order valence-electron chi connectivity index (χ4n) is 3.25. The van der Waals surface area contributed by atoms with E-state index in [4.69, 9.17) is 16.0 Å². The van der Waals surface area contributed by atoms with Gasteiger partial charge >= 0.3 is 11.8 Å². The van der Waals surface area contributed by atoms with E-state index in [9.17, 15) is 14.0 Å². The Bertz CT molecular complexity index is 1530. The zero-order chi connectivity index (χ0) is 23.7. The molecular formula is C24H15ClFN5O3. The molecule has 3 aromatic carbocycles. The Morgan fingerprint density at radius 3 is 2.44 bits per heavy atom. The summed E-state index contributed by atoms with van der Waals surface area (Å²) in [6, 6.07) is 17.8. The van der Waals surface area contributed by atoms with Gasteiger partial charge in [-0.15, -0.1) is 0 Å². The predicted molar refractivity (Wildman–Crippen MR) is 125 cm³/mol. The summed E-state index contributed by atoms with van der Waals surface area (Å²) < 4.78 is 21.2. The molecule has 0 aliphatic heterocycles. The molecule has 0 saturated heterocycles. The largest absolute Gasteiger partial charge is 0.436 e. The molecule has 2 aromatic heterocycles. The molecule has 0 fully saturated rings.